The van der Waals surface area contributed by atoms with Gasteiger partial charge in [0.05, 0.1) is 0 Å². The summed E-state index contributed by atoms with van der Waals surface area (Å²) < 4.78 is 5.32. The molecule has 4 nitrogen and oxygen atoms in total. The Morgan fingerprint density at radius 1 is 1.47 bits per heavy atom. The lowest BCUT2D eigenvalue weighted by molar-refractivity contribution is 0.0663. The largest absolute Gasteiger partial charge is 0.475 e. The number of carboxylic acid groups (broad SMARTS) is 1. The normalized spacial score (nSPS) is 24.6. The first-order chi connectivity index (χ1) is 8.08. The van der Waals surface area contributed by atoms with Crippen LogP contribution in [0.2, 0.25) is 0 Å². The maximum atomic E-state index is 10.8. The van der Waals surface area contributed by atoms with E-state index in [0.717, 1.165) is 18.8 Å². The molecule has 2 rings (SSSR count). The SMILES string of the molecule is CC1CCCC(N(C)c2ccc(C(=O)O)o2)C1. The predicted molar refractivity (Wildman–Crippen MR) is 65.5 cm³/mol. The van der Waals surface area contributed by atoms with E-state index < -0.39 is 5.97 Å². The zero-order valence-electron chi connectivity index (χ0n) is 10.3. The predicted octanol–water partition coefficient (Wildman–Crippen LogP) is 2.99. The fourth-order valence-electron chi connectivity index (χ4n) is 2.57. The summed E-state index contributed by atoms with van der Waals surface area (Å²) >= 11 is 0. The summed E-state index contributed by atoms with van der Waals surface area (Å²) in [5.74, 6) is 0.393. The van der Waals surface area contributed by atoms with Crippen molar-refractivity contribution in [3.63, 3.8) is 0 Å². The number of rotatable bonds is 3. The van der Waals surface area contributed by atoms with Gasteiger partial charge in [-0.2, -0.15) is 0 Å². The van der Waals surface area contributed by atoms with Crippen LogP contribution >= 0.6 is 0 Å². The number of hydrogen-bond acceptors (Lipinski definition) is 3. The van der Waals surface area contributed by atoms with E-state index in [2.05, 4.69) is 11.8 Å². The van der Waals surface area contributed by atoms with Crippen LogP contribution in [0, 0.1) is 5.92 Å². The van der Waals surface area contributed by atoms with Gasteiger partial charge in [-0.25, -0.2) is 4.79 Å². The summed E-state index contributed by atoms with van der Waals surface area (Å²) in [6.07, 6.45) is 4.84. The van der Waals surface area contributed by atoms with Gasteiger partial charge in [0.25, 0.3) is 0 Å². The number of nitrogens with zero attached hydrogens (tertiary/aromatic N) is 1. The van der Waals surface area contributed by atoms with Crippen molar-refractivity contribution in [2.24, 2.45) is 5.92 Å². The standard InChI is InChI=1S/C13H19NO3/c1-9-4-3-5-10(8-9)14(2)12-7-6-11(17-12)13(15)16/h6-7,9-10H,3-5,8H2,1-2H3,(H,15,16). The Morgan fingerprint density at radius 2 is 2.24 bits per heavy atom. The molecular weight excluding hydrogens is 218 g/mol. The van der Waals surface area contributed by atoms with Gasteiger partial charge in [0.15, 0.2) is 5.88 Å². The molecule has 1 aromatic rings. The third-order valence-electron chi connectivity index (χ3n) is 3.61. The highest BCUT2D eigenvalue weighted by Gasteiger charge is 2.24. The Labute approximate surface area is 101 Å². The van der Waals surface area contributed by atoms with E-state index >= 15 is 0 Å². The zero-order chi connectivity index (χ0) is 12.4. The van der Waals surface area contributed by atoms with E-state index in [1.807, 2.05) is 7.05 Å². The summed E-state index contributed by atoms with van der Waals surface area (Å²) in [5, 5.41) is 8.82. The Balaban J connectivity index is 2.07. The highest BCUT2D eigenvalue weighted by molar-refractivity contribution is 5.84. The van der Waals surface area contributed by atoms with Crippen molar-refractivity contribution in [3.8, 4) is 0 Å². The van der Waals surface area contributed by atoms with Gasteiger partial charge < -0.3 is 14.4 Å². The van der Waals surface area contributed by atoms with Gasteiger partial charge in [0.2, 0.25) is 5.76 Å². The van der Waals surface area contributed by atoms with E-state index in [0.29, 0.717) is 11.9 Å². The minimum Gasteiger partial charge on any atom is -0.475 e. The molecule has 0 saturated heterocycles. The van der Waals surface area contributed by atoms with Crippen LogP contribution in [0.15, 0.2) is 16.5 Å². The molecule has 1 aromatic heterocycles. The lowest BCUT2D eigenvalue weighted by atomic mass is 9.86. The van der Waals surface area contributed by atoms with Gasteiger partial charge in [-0.1, -0.05) is 19.8 Å². The second kappa shape index (κ2) is 4.82. The van der Waals surface area contributed by atoms with E-state index in [1.165, 1.54) is 18.9 Å². The summed E-state index contributed by atoms with van der Waals surface area (Å²) in [5.41, 5.74) is 0. The smallest absolute Gasteiger partial charge is 0.371 e. The minimum atomic E-state index is -1.01. The first kappa shape index (κ1) is 12.0. The lowest BCUT2D eigenvalue weighted by Crippen LogP contribution is -2.35. The van der Waals surface area contributed by atoms with E-state index in [-0.39, 0.29) is 5.76 Å². The van der Waals surface area contributed by atoms with Crippen molar-refractivity contribution in [2.45, 2.75) is 38.6 Å². The molecule has 1 fully saturated rings. The van der Waals surface area contributed by atoms with Gasteiger partial charge >= 0.3 is 5.97 Å². The Bertz CT molecular complexity index is 399. The van der Waals surface area contributed by atoms with Crippen molar-refractivity contribution in [3.05, 3.63) is 17.9 Å². The van der Waals surface area contributed by atoms with Crippen LogP contribution in [0.5, 0.6) is 0 Å². The van der Waals surface area contributed by atoms with Gasteiger partial charge in [0, 0.05) is 19.2 Å². The molecule has 4 heteroatoms. The zero-order valence-corrected chi connectivity index (χ0v) is 10.3. The van der Waals surface area contributed by atoms with Crippen LogP contribution in [0.1, 0.15) is 43.2 Å². The Hall–Kier alpha value is -1.45. The molecule has 0 radical (unpaired) electrons. The van der Waals surface area contributed by atoms with Gasteiger partial charge in [-0.15, -0.1) is 0 Å². The van der Waals surface area contributed by atoms with Gasteiger partial charge in [-0.05, 0) is 24.8 Å². The monoisotopic (exact) mass is 237 g/mol. The summed E-state index contributed by atoms with van der Waals surface area (Å²) in [7, 11) is 1.98. The second-order valence-electron chi connectivity index (χ2n) is 4.98. The average molecular weight is 237 g/mol. The maximum absolute atomic E-state index is 10.8. The van der Waals surface area contributed by atoms with E-state index in [1.54, 1.807) is 6.07 Å². The highest BCUT2D eigenvalue weighted by Crippen LogP contribution is 2.30. The van der Waals surface area contributed by atoms with E-state index in [9.17, 15) is 4.79 Å². The molecular formula is C13H19NO3. The summed E-state index contributed by atoms with van der Waals surface area (Å²) in [6, 6.07) is 3.72. The van der Waals surface area contributed by atoms with Crippen LogP contribution < -0.4 is 4.90 Å². The molecule has 0 bridgehead atoms. The molecule has 17 heavy (non-hydrogen) atoms. The van der Waals surface area contributed by atoms with Gasteiger partial charge in [-0.3, -0.25) is 0 Å². The fraction of sp³-hybridized carbons (Fsp3) is 0.615. The Kier molecular flexibility index (Phi) is 3.41. The number of anilines is 1. The number of furan rings is 1. The van der Waals surface area contributed by atoms with Crippen molar-refractivity contribution >= 4 is 11.9 Å². The molecule has 0 amide bonds. The molecule has 2 atom stereocenters. The summed E-state index contributed by atoms with van der Waals surface area (Å²) in [4.78, 5) is 12.8. The van der Waals surface area contributed by atoms with Crippen molar-refractivity contribution in [1.29, 1.82) is 0 Å². The van der Waals surface area contributed by atoms with Crippen molar-refractivity contribution < 1.29 is 14.3 Å². The molecule has 2 unspecified atom stereocenters. The number of hydrogen-bond donors (Lipinski definition) is 1. The van der Waals surface area contributed by atoms with Crippen molar-refractivity contribution in [2.75, 3.05) is 11.9 Å². The van der Waals surface area contributed by atoms with Gasteiger partial charge in [0.1, 0.15) is 0 Å². The Morgan fingerprint density at radius 3 is 2.82 bits per heavy atom. The topological polar surface area (TPSA) is 53.7 Å². The molecule has 1 saturated carbocycles. The fourth-order valence-corrected chi connectivity index (χ4v) is 2.57. The maximum Gasteiger partial charge on any atom is 0.371 e. The van der Waals surface area contributed by atoms with E-state index in [4.69, 9.17) is 9.52 Å². The highest BCUT2D eigenvalue weighted by atomic mass is 16.4. The first-order valence-corrected chi connectivity index (χ1v) is 6.14. The third-order valence-corrected chi connectivity index (χ3v) is 3.61. The number of carboxylic acids is 1. The van der Waals surface area contributed by atoms with Crippen LogP contribution in [0.3, 0.4) is 0 Å². The molecule has 0 spiro atoms. The molecule has 1 N–H and O–H groups in total. The molecule has 1 aliphatic carbocycles. The molecule has 1 aliphatic rings. The lowest BCUT2D eigenvalue weighted by Gasteiger charge is -2.33. The first-order valence-electron chi connectivity index (χ1n) is 6.14. The molecule has 94 valence electrons. The van der Waals surface area contributed by atoms with Crippen LogP contribution in [0.25, 0.3) is 0 Å². The van der Waals surface area contributed by atoms with Crippen LogP contribution in [-0.4, -0.2) is 24.2 Å². The van der Waals surface area contributed by atoms with Crippen molar-refractivity contribution in [1.82, 2.24) is 0 Å². The van der Waals surface area contributed by atoms with Crippen LogP contribution in [0.4, 0.5) is 5.88 Å². The number of carbonyl (C=O) groups is 1. The quantitative estimate of drug-likeness (QED) is 0.878. The average Bonchev–Trinajstić information content (AvgIpc) is 2.77. The minimum absolute atomic E-state index is 0.00991. The molecule has 1 heterocycles. The third kappa shape index (κ3) is 2.62. The van der Waals surface area contributed by atoms with Crippen LogP contribution in [-0.2, 0) is 0 Å². The second-order valence-corrected chi connectivity index (χ2v) is 4.98. The number of aromatic carboxylic acids is 1. The molecule has 0 aromatic carbocycles. The molecule has 0 aliphatic heterocycles. The summed E-state index contributed by atoms with van der Waals surface area (Å²) in [6.45, 7) is 2.27.